The molecule has 1 amide bonds. The molecular formula is C18H26N2O. The second kappa shape index (κ2) is 6.79. The molecule has 1 aromatic carbocycles. The van der Waals surface area contributed by atoms with E-state index in [-0.39, 0.29) is 5.91 Å². The number of fused-ring (bicyclic) bond motifs is 1. The van der Waals surface area contributed by atoms with Crippen molar-refractivity contribution in [1.29, 1.82) is 0 Å². The largest absolute Gasteiger partial charge is 0.381 e. The summed E-state index contributed by atoms with van der Waals surface area (Å²) in [6.07, 6.45) is 4.16. The second-order valence-corrected chi connectivity index (χ2v) is 6.58. The van der Waals surface area contributed by atoms with E-state index in [0.29, 0.717) is 11.8 Å². The lowest BCUT2D eigenvalue weighted by molar-refractivity contribution is 0.0715. The smallest absolute Gasteiger partial charge is 0.253 e. The van der Waals surface area contributed by atoms with E-state index in [1.807, 2.05) is 23.1 Å². The lowest BCUT2D eigenvalue weighted by Gasteiger charge is -2.27. The molecule has 0 fully saturated rings. The van der Waals surface area contributed by atoms with Crippen LogP contribution in [-0.4, -0.2) is 30.4 Å². The molecule has 0 saturated carbocycles. The Kier molecular flexibility index (Phi) is 5.05. The second-order valence-electron chi connectivity index (χ2n) is 6.58. The lowest BCUT2D eigenvalue weighted by atomic mass is 10.0. The van der Waals surface area contributed by atoms with Gasteiger partial charge in [0.25, 0.3) is 5.91 Å². The number of nitrogens with one attached hydrogen (secondary N) is 1. The zero-order chi connectivity index (χ0) is 15.4. The average Bonchev–Trinajstić information content (AvgIpc) is 2.44. The molecular weight excluding hydrogens is 260 g/mol. The molecule has 1 heterocycles. The number of hydrogen-bond acceptors (Lipinski definition) is 2. The molecule has 3 heteroatoms. The molecule has 0 bridgehead atoms. The highest BCUT2D eigenvalue weighted by Crippen LogP contribution is 2.23. The first-order valence-electron chi connectivity index (χ1n) is 7.81. The molecule has 1 aliphatic rings. The highest BCUT2D eigenvalue weighted by molar-refractivity contribution is 5.95. The molecule has 3 nitrogen and oxygen atoms in total. The van der Waals surface area contributed by atoms with E-state index in [1.165, 1.54) is 0 Å². The van der Waals surface area contributed by atoms with Gasteiger partial charge in [0.05, 0.1) is 0 Å². The first-order chi connectivity index (χ1) is 9.97. The molecule has 114 valence electrons. The molecule has 1 aromatic rings. The van der Waals surface area contributed by atoms with Crippen LogP contribution >= 0.6 is 0 Å². The van der Waals surface area contributed by atoms with Crippen LogP contribution in [0.1, 0.15) is 43.6 Å². The van der Waals surface area contributed by atoms with Gasteiger partial charge in [-0.05, 0) is 35.6 Å². The summed E-state index contributed by atoms with van der Waals surface area (Å²) in [5.74, 6) is 1.10. The summed E-state index contributed by atoms with van der Waals surface area (Å²) in [6.45, 7) is 11.1. The van der Waals surface area contributed by atoms with Gasteiger partial charge in [0.1, 0.15) is 0 Å². The van der Waals surface area contributed by atoms with Gasteiger partial charge in [-0.15, -0.1) is 0 Å². The maximum absolute atomic E-state index is 12.8. The SMILES string of the molecule is CC(C)CN(CC(C)C)C(=O)c1ccc2c(c1)C=CCN2. The van der Waals surface area contributed by atoms with Gasteiger partial charge < -0.3 is 10.2 Å². The third-order valence-electron chi connectivity index (χ3n) is 3.46. The van der Waals surface area contributed by atoms with Gasteiger partial charge in [0.2, 0.25) is 0 Å². The Labute approximate surface area is 128 Å². The molecule has 0 aromatic heterocycles. The first-order valence-corrected chi connectivity index (χ1v) is 7.81. The van der Waals surface area contributed by atoms with Crippen molar-refractivity contribution in [3.63, 3.8) is 0 Å². The van der Waals surface area contributed by atoms with E-state index in [2.05, 4.69) is 45.2 Å². The zero-order valence-electron chi connectivity index (χ0n) is 13.5. The Hall–Kier alpha value is -1.77. The summed E-state index contributed by atoms with van der Waals surface area (Å²) in [5.41, 5.74) is 2.98. The zero-order valence-corrected chi connectivity index (χ0v) is 13.5. The quantitative estimate of drug-likeness (QED) is 0.891. The lowest BCUT2D eigenvalue weighted by Crippen LogP contribution is -2.37. The van der Waals surface area contributed by atoms with Crippen molar-refractivity contribution in [2.75, 3.05) is 25.0 Å². The van der Waals surface area contributed by atoms with E-state index in [4.69, 9.17) is 0 Å². The molecule has 1 N–H and O–H groups in total. The van der Waals surface area contributed by atoms with E-state index in [1.54, 1.807) is 0 Å². The van der Waals surface area contributed by atoms with Gasteiger partial charge >= 0.3 is 0 Å². The monoisotopic (exact) mass is 286 g/mol. The van der Waals surface area contributed by atoms with E-state index in [0.717, 1.165) is 36.4 Å². The van der Waals surface area contributed by atoms with Gasteiger partial charge in [0.15, 0.2) is 0 Å². The number of rotatable bonds is 5. The fourth-order valence-corrected chi connectivity index (χ4v) is 2.65. The standard InChI is InChI=1S/C18H26N2O/c1-13(2)11-20(12-14(3)4)18(21)16-7-8-17-15(10-16)6-5-9-19-17/h5-8,10,13-14,19H,9,11-12H2,1-4H3. The third-order valence-corrected chi connectivity index (χ3v) is 3.46. The summed E-state index contributed by atoms with van der Waals surface area (Å²) in [7, 11) is 0. The van der Waals surface area contributed by atoms with Crippen LogP contribution < -0.4 is 5.32 Å². The Morgan fingerprint density at radius 1 is 1.19 bits per heavy atom. The molecule has 0 aliphatic carbocycles. The fourth-order valence-electron chi connectivity index (χ4n) is 2.65. The molecule has 0 atom stereocenters. The van der Waals surface area contributed by atoms with Gasteiger partial charge in [0, 0.05) is 30.9 Å². The Balaban J connectivity index is 2.22. The fraction of sp³-hybridized carbons (Fsp3) is 0.500. The molecule has 2 rings (SSSR count). The summed E-state index contributed by atoms with van der Waals surface area (Å²) >= 11 is 0. The Bertz CT molecular complexity index is 522. The number of benzene rings is 1. The minimum atomic E-state index is 0.138. The third kappa shape index (κ3) is 4.10. The summed E-state index contributed by atoms with van der Waals surface area (Å²) in [6, 6.07) is 5.93. The van der Waals surface area contributed by atoms with Gasteiger partial charge in [-0.2, -0.15) is 0 Å². The molecule has 0 unspecified atom stereocenters. The van der Waals surface area contributed by atoms with Crippen LogP contribution in [0.4, 0.5) is 5.69 Å². The predicted molar refractivity (Wildman–Crippen MR) is 89.5 cm³/mol. The van der Waals surface area contributed by atoms with E-state index in [9.17, 15) is 4.79 Å². The first kappa shape index (κ1) is 15.6. The van der Waals surface area contributed by atoms with Crippen molar-refractivity contribution in [3.05, 3.63) is 35.4 Å². The average molecular weight is 286 g/mol. The molecule has 1 aliphatic heterocycles. The molecule has 21 heavy (non-hydrogen) atoms. The number of amides is 1. The Morgan fingerprint density at radius 2 is 1.86 bits per heavy atom. The van der Waals surface area contributed by atoms with Crippen LogP contribution in [0.5, 0.6) is 0 Å². The minimum Gasteiger partial charge on any atom is -0.381 e. The normalized spacial score (nSPS) is 13.2. The van der Waals surface area contributed by atoms with Crippen LogP contribution in [-0.2, 0) is 0 Å². The van der Waals surface area contributed by atoms with E-state index >= 15 is 0 Å². The van der Waals surface area contributed by atoms with Crippen LogP contribution in [0, 0.1) is 11.8 Å². The topological polar surface area (TPSA) is 32.3 Å². The van der Waals surface area contributed by atoms with Crippen molar-refractivity contribution < 1.29 is 4.79 Å². The Morgan fingerprint density at radius 3 is 2.48 bits per heavy atom. The van der Waals surface area contributed by atoms with Crippen LogP contribution in [0.2, 0.25) is 0 Å². The van der Waals surface area contributed by atoms with Crippen molar-refractivity contribution in [2.24, 2.45) is 11.8 Å². The van der Waals surface area contributed by atoms with Gasteiger partial charge in [-0.25, -0.2) is 0 Å². The predicted octanol–water partition coefficient (Wildman–Crippen LogP) is 3.88. The molecule has 0 spiro atoms. The maximum Gasteiger partial charge on any atom is 0.253 e. The van der Waals surface area contributed by atoms with Crippen LogP contribution in [0.3, 0.4) is 0 Å². The molecule has 0 saturated heterocycles. The number of carbonyl (C=O) groups excluding carboxylic acids is 1. The van der Waals surface area contributed by atoms with Crippen LogP contribution in [0.25, 0.3) is 6.08 Å². The minimum absolute atomic E-state index is 0.138. The number of hydrogen-bond donors (Lipinski definition) is 1. The van der Waals surface area contributed by atoms with Gasteiger partial charge in [-0.3, -0.25) is 4.79 Å². The van der Waals surface area contributed by atoms with Gasteiger partial charge in [-0.1, -0.05) is 39.8 Å². The summed E-state index contributed by atoms with van der Waals surface area (Å²) < 4.78 is 0. The molecule has 0 radical (unpaired) electrons. The van der Waals surface area contributed by atoms with Crippen molar-refractivity contribution in [3.8, 4) is 0 Å². The summed E-state index contributed by atoms with van der Waals surface area (Å²) in [5, 5.41) is 3.31. The number of nitrogens with zero attached hydrogens (tertiary/aromatic N) is 1. The van der Waals surface area contributed by atoms with E-state index < -0.39 is 0 Å². The highest BCUT2D eigenvalue weighted by atomic mass is 16.2. The van der Waals surface area contributed by atoms with Crippen molar-refractivity contribution in [1.82, 2.24) is 4.90 Å². The number of carbonyl (C=O) groups is 1. The summed E-state index contributed by atoms with van der Waals surface area (Å²) in [4.78, 5) is 14.8. The van der Waals surface area contributed by atoms with Crippen LogP contribution in [0.15, 0.2) is 24.3 Å². The van der Waals surface area contributed by atoms with Crippen molar-refractivity contribution in [2.45, 2.75) is 27.7 Å². The maximum atomic E-state index is 12.8. The number of anilines is 1. The highest BCUT2D eigenvalue weighted by Gasteiger charge is 2.19. The van der Waals surface area contributed by atoms with Crippen molar-refractivity contribution >= 4 is 17.7 Å².